The fraction of sp³-hybridized carbons (Fsp3) is 0.909. The fourth-order valence-electron chi connectivity index (χ4n) is 2.17. The van der Waals surface area contributed by atoms with Crippen LogP contribution in [0, 0.1) is 5.41 Å². The molecule has 0 radical (unpaired) electrons. The molecule has 0 aromatic carbocycles. The minimum atomic E-state index is -0.257. The SMILES string of the molecule is CCOCC(=O)C1(CN)CCCCC1. The number of carbonyl (C=O) groups is 1. The number of hydrogen-bond donors (Lipinski definition) is 1. The molecule has 1 saturated carbocycles. The fourth-order valence-corrected chi connectivity index (χ4v) is 2.17. The Bertz CT molecular complexity index is 186. The average Bonchev–Trinajstić information content (AvgIpc) is 2.26. The first kappa shape index (κ1) is 11.7. The van der Waals surface area contributed by atoms with Crippen molar-refractivity contribution >= 4 is 5.78 Å². The standard InChI is InChI=1S/C11H21NO2/c1-2-14-8-10(13)11(9-12)6-4-3-5-7-11/h2-9,12H2,1H3. The van der Waals surface area contributed by atoms with Gasteiger partial charge in [-0.05, 0) is 19.8 Å². The van der Waals surface area contributed by atoms with Crippen LogP contribution in [0.3, 0.4) is 0 Å². The molecule has 14 heavy (non-hydrogen) atoms. The predicted octanol–water partition coefficient (Wildman–Crippen LogP) is 1.50. The lowest BCUT2D eigenvalue weighted by Crippen LogP contribution is -2.42. The van der Waals surface area contributed by atoms with Gasteiger partial charge in [0, 0.05) is 18.6 Å². The van der Waals surface area contributed by atoms with Crippen molar-refractivity contribution in [1.29, 1.82) is 0 Å². The van der Waals surface area contributed by atoms with Gasteiger partial charge in [0.15, 0.2) is 5.78 Å². The third-order valence-electron chi connectivity index (χ3n) is 3.23. The van der Waals surface area contributed by atoms with Gasteiger partial charge in [-0.1, -0.05) is 19.3 Å². The van der Waals surface area contributed by atoms with E-state index in [1.165, 1.54) is 6.42 Å². The highest BCUT2D eigenvalue weighted by molar-refractivity contribution is 5.86. The first-order chi connectivity index (χ1) is 6.75. The van der Waals surface area contributed by atoms with Gasteiger partial charge < -0.3 is 10.5 Å². The van der Waals surface area contributed by atoms with Crippen molar-refractivity contribution in [2.45, 2.75) is 39.0 Å². The number of ketones is 1. The Morgan fingerprint density at radius 1 is 1.36 bits per heavy atom. The van der Waals surface area contributed by atoms with Crippen LogP contribution in [0.5, 0.6) is 0 Å². The van der Waals surface area contributed by atoms with E-state index in [0.717, 1.165) is 25.7 Å². The second-order valence-electron chi connectivity index (χ2n) is 4.11. The van der Waals surface area contributed by atoms with Gasteiger partial charge in [-0.3, -0.25) is 4.79 Å². The lowest BCUT2D eigenvalue weighted by molar-refractivity contribution is -0.134. The normalized spacial score (nSPS) is 20.7. The number of ether oxygens (including phenoxy) is 1. The van der Waals surface area contributed by atoms with Crippen LogP contribution < -0.4 is 5.73 Å². The first-order valence-electron chi connectivity index (χ1n) is 5.56. The van der Waals surface area contributed by atoms with E-state index in [0.29, 0.717) is 13.2 Å². The quantitative estimate of drug-likeness (QED) is 0.730. The van der Waals surface area contributed by atoms with Crippen LogP contribution in [0.4, 0.5) is 0 Å². The van der Waals surface area contributed by atoms with E-state index in [-0.39, 0.29) is 17.8 Å². The molecule has 1 rings (SSSR count). The number of carbonyl (C=O) groups excluding carboxylic acids is 1. The molecule has 0 heterocycles. The Balaban J connectivity index is 2.53. The van der Waals surface area contributed by atoms with Crippen LogP contribution in [0.2, 0.25) is 0 Å². The van der Waals surface area contributed by atoms with Crippen molar-refractivity contribution in [2.75, 3.05) is 19.8 Å². The van der Waals surface area contributed by atoms with Crippen LogP contribution in [0.1, 0.15) is 39.0 Å². The maximum atomic E-state index is 11.9. The molecule has 82 valence electrons. The summed E-state index contributed by atoms with van der Waals surface area (Å²) < 4.78 is 5.17. The lowest BCUT2D eigenvalue weighted by Gasteiger charge is -2.34. The van der Waals surface area contributed by atoms with E-state index in [4.69, 9.17) is 10.5 Å². The van der Waals surface area contributed by atoms with Crippen molar-refractivity contribution in [2.24, 2.45) is 11.1 Å². The zero-order valence-electron chi connectivity index (χ0n) is 9.05. The van der Waals surface area contributed by atoms with Crippen LogP contribution in [-0.4, -0.2) is 25.5 Å². The van der Waals surface area contributed by atoms with Gasteiger partial charge in [0.25, 0.3) is 0 Å². The van der Waals surface area contributed by atoms with Crippen molar-refractivity contribution in [3.8, 4) is 0 Å². The molecule has 0 bridgehead atoms. The Morgan fingerprint density at radius 2 is 2.00 bits per heavy atom. The van der Waals surface area contributed by atoms with Crippen molar-refractivity contribution in [3.63, 3.8) is 0 Å². The van der Waals surface area contributed by atoms with Gasteiger partial charge in [-0.15, -0.1) is 0 Å². The predicted molar refractivity (Wildman–Crippen MR) is 56.1 cm³/mol. The van der Waals surface area contributed by atoms with E-state index in [9.17, 15) is 4.79 Å². The molecular weight excluding hydrogens is 178 g/mol. The molecule has 0 atom stereocenters. The van der Waals surface area contributed by atoms with Crippen LogP contribution in [-0.2, 0) is 9.53 Å². The summed E-state index contributed by atoms with van der Waals surface area (Å²) in [5.74, 6) is 0.210. The van der Waals surface area contributed by atoms with Gasteiger partial charge in [0.05, 0.1) is 0 Å². The third-order valence-corrected chi connectivity index (χ3v) is 3.23. The minimum absolute atomic E-state index is 0.210. The molecule has 3 nitrogen and oxygen atoms in total. The third kappa shape index (κ3) is 2.55. The molecule has 0 amide bonds. The highest BCUT2D eigenvalue weighted by Crippen LogP contribution is 2.36. The largest absolute Gasteiger partial charge is 0.374 e. The second-order valence-corrected chi connectivity index (χ2v) is 4.11. The zero-order valence-corrected chi connectivity index (χ0v) is 9.05. The number of nitrogens with two attached hydrogens (primary N) is 1. The van der Waals surface area contributed by atoms with Crippen molar-refractivity contribution in [3.05, 3.63) is 0 Å². The Kier molecular flexibility index (Phi) is 4.55. The molecule has 1 aliphatic rings. The summed E-state index contributed by atoms with van der Waals surface area (Å²) in [7, 11) is 0. The van der Waals surface area contributed by atoms with Crippen molar-refractivity contribution in [1.82, 2.24) is 0 Å². The van der Waals surface area contributed by atoms with Gasteiger partial charge >= 0.3 is 0 Å². The molecule has 1 aliphatic carbocycles. The number of Topliss-reactive ketones (excluding diaryl/α,β-unsaturated/α-hetero) is 1. The lowest BCUT2D eigenvalue weighted by atomic mass is 9.71. The molecule has 0 unspecified atom stereocenters. The number of rotatable bonds is 5. The number of hydrogen-bond acceptors (Lipinski definition) is 3. The van der Waals surface area contributed by atoms with E-state index in [1.807, 2.05) is 6.92 Å². The average molecular weight is 199 g/mol. The van der Waals surface area contributed by atoms with E-state index < -0.39 is 0 Å². The molecule has 0 aromatic rings. The Labute approximate surface area is 86.0 Å². The van der Waals surface area contributed by atoms with Gasteiger partial charge in [-0.2, -0.15) is 0 Å². The van der Waals surface area contributed by atoms with E-state index in [2.05, 4.69) is 0 Å². The minimum Gasteiger partial charge on any atom is -0.374 e. The molecule has 2 N–H and O–H groups in total. The smallest absolute Gasteiger partial charge is 0.165 e. The van der Waals surface area contributed by atoms with Gasteiger partial charge in [0.2, 0.25) is 0 Å². The van der Waals surface area contributed by atoms with Gasteiger partial charge in [0.1, 0.15) is 6.61 Å². The summed E-state index contributed by atoms with van der Waals surface area (Å²) >= 11 is 0. The molecule has 0 spiro atoms. The highest BCUT2D eigenvalue weighted by Gasteiger charge is 2.37. The van der Waals surface area contributed by atoms with Crippen LogP contribution >= 0.6 is 0 Å². The van der Waals surface area contributed by atoms with E-state index >= 15 is 0 Å². The molecule has 3 heteroatoms. The van der Waals surface area contributed by atoms with Crippen molar-refractivity contribution < 1.29 is 9.53 Å². The van der Waals surface area contributed by atoms with Crippen LogP contribution in [0.15, 0.2) is 0 Å². The van der Waals surface area contributed by atoms with Crippen LogP contribution in [0.25, 0.3) is 0 Å². The molecule has 0 saturated heterocycles. The molecule has 1 fully saturated rings. The summed E-state index contributed by atoms with van der Waals surface area (Å²) in [4.78, 5) is 11.9. The Hall–Kier alpha value is -0.410. The first-order valence-corrected chi connectivity index (χ1v) is 5.56. The highest BCUT2D eigenvalue weighted by atomic mass is 16.5. The maximum absolute atomic E-state index is 11.9. The van der Waals surface area contributed by atoms with Gasteiger partial charge in [-0.25, -0.2) is 0 Å². The summed E-state index contributed by atoms with van der Waals surface area (Å²) in [5.41, 5.74) is 5.48. The topological polar surface area (TPSA) is 52.3 Å². The molecular formula is C11H21NO2. The summed E-state index contributed by atoms with van der Waals surface area (Å²) in [5, 5.41) is 0. The summed E-state index contributed by atoms with van der Waals surface area (Å²) in [6, 6.07) is 0. The zero-order chi connectivity index (χ0) is 10.4. The second kappa shape index (κ2) is 5.47. The Morgan fingerprint density at radius 3 is 2.50 bits per heavy atom. The maximum Gasteiger partial charge on any atom is 0.165 e. The van der Waals surface area contributed by atoms with E-state index in [1.54, 1.807) is 0 Å². The summed E-state index contributed by atoms with van der Waals surface area (Å²) in [6.45, 7) is 3.24. The summed E-state index contributed by atoms with van der Waals surface area (Å²) in [6.07, 6.45) is 5.42. The molecule has 0 aliphatic heterocycles. The monoisotopic (exact) mass is 199 g/mol. The molecule has 0 aromatic heterocycles.